The average Bonchev–Trinajstić information content (AvgIpc) is 1.38. The average molecular weight is 255 g/mol. The third kappa shape index (κ3) is 8.84. The van der Waals surface area contributed by atoms with Crippen molar-refractivity contribution in [3.63, 3.8) is 0 Å². The van der Waals surface area contributed by atoms with E-state index in [2.05, 4.69) is 0 Å². The predicted octanol–water partition coefficient (Wildman–Crippen LogP) is -0.643. The molecule has 0 aromatic rings. The molecule has 0 bridgehead atoms. The van der Waals surface area contributed by atoms with Gasteiger partial charge in [-0.15, -0.1) is 0 Å². The number of aliphatic hydroxyl groups is 2. The largest absolute Gasteiger partial charge is 0.394 e. The second-order valence-corrected chi connectivity index (χ2v) is 1.03. The Morgan fingerprint density at radius 3 is 1.83 bits per heavy atom. The van der Waals surface area contributed by atoms with Crippen LogP contribution in [0.5, 0.6) is 0 Å². The Hall–Kier alpha value is 0.790. The minimum absolute atomic E-state index is 0. The van der Waals surface area contributed by atoms with Gasteiger partial charge in [0.05, 0.1) is 12.7 Å². The summed E-state index contributed by atoms with van der Waals surface area (Å²) in [5.41, 5.74) is 0. The molecule has 0 aliphatic rings. The third-order valence-electron chi connectivity index (χ3n) is 0.264. The van der Waals surface area contributed by atoms with Gasteiger partial charge >= 0.3 is 0 Å². The molecule has 3 heteroatoms. The maximum atomic E-state index is 8.11. The molecule has 0 aliphatic heterocycles. The Kier molecular flexibility index (Phi) is 9.57. The van der Waals surface area contributed by atoms with Crippen LogP contribution < -0.4 is 0 Å². The zero-order valence-electron chi connectivity index (χ0n) is 3.68. The van der Waals surface area contributed by atoms with Gasteiger partial charge in [0, 0.05) is 25.8 Å². The quantitative estimate of drug-likeness (QED) is 0.611. The SMILES string of the molecule is CC(O)CO.[Hf]. The fourth-order valence-corrected chi connectivity index (χ4v) is 0. The molecule has 0 amide bonds. The Bertz CT molecular complexity index is 22.8. The van der Waals surface area contributed by atoms with E-state index in [1.54, 1.807) is 0 Å². The van der Waals surface area contributed by atoms with Crippen molar-refractivity contribution in [2.24, 2.45) is 0 Å². The van der Waals surface area contributed by atoms with Crippen molar-refractivity contribution in [3.8, 4) is 0 Å². The molecule has 0 aromatic heterocycles. The molecule has 2 nitrogen and oxygen atoms in total. The van der Waals surface area contributed by atoms with Crippen LogP contribution in [0.1, 0.15) is 6.92 Å². The van der Waals surface area contributed by atoms with Crippen LogP contribution in [0, 0.1) is 0 Å². The molecular weight excluding hydrogens is 247 g/mol. The van der Waals surface area contributed by atoms with Crippen molar-refractivity contribution in [3.05, 3.63) is 0 Å². The monoisotopic (exact) mass is 256 g/mol. The van der Waals surface area contributed by atoms with Crippen LogP contribution in [0.2, 0.25) is 0 Å². The van der Waals surface area contributed by atoms with Gasteiger partial charge in [-0.3, -0.25) is 0 Å². The molecule has 0 rings (SSSR count). The van der Waals surface area contributed by atoms with Crippen LogP contribution >= 0.6 is 0 Å². The molecule has 6 heavy (non-hydrogen) atoms. The first-order chi connectivity index (χ1) is 2.27. The Labute approximate surface area is 56.0 Å². The van der Waals surface area contributed by atoms with Crippen LogP contribution in [0.15, 0.2) is 0 Å². The molecule has 0 spiro atoms. The first-order valence-corrected chi connectivity index (χ1v) is 1.56. The molecule has 1 atom stereocenters. The summed E-state index contributed by atoms with van der Waals surface area (Å²) in [4.78, 5) is 0. The van der Waals surface area contributed by atoms with E-state index >= 15 is 0 Å². The van der Waals surface area contributed by atoms with E-state index in [1.807, 2.05) is 0 Å². The Balaban J connectivity index is 0. The first-order valence-electron chi connectivity index (χ1n) is 1.56. The normalized spacial score (nSPS) is 12.5. The maximum absolute atomic E-state index is 8.11. The van der Waals surface area contributed by atoms with Crippen LogP contribution in [-0.2, 0) is 25.8 Å². The minimum atomic E-state index is -0.560. The number of hydrogen-bond donors (Lipinski definition) is 2. The molecule has 0 saturated heterocycles. The zero-order chi connectivity index (χ0) is 4.28. The van der Waals surface area contributed by atoms with Crippen molar-refractivity contribution in [2.75, 3.05) is 6.61 Å². The van der Waals surface area contributed by atoms with Crippen LogP contribution in [0.3, 0.4) is 0 Å². The van der Waals surface area contributed by atoms with E-state index in [1.165, 1.54) is 6.92 Å². The number of hydrogen-bond acceptors (Lipinski definition) is 2. The molecule has 0 aliphatic carbocycles. The Morgan fingerprint density at radius 2 is 1.83 bits per heavy atom. The summed E-state index contributed by atoms with van der Waals surface area (Å²) in [6, 6.07) is 0. The summed E-state index contributed by atoms with van der Waals surface area (Å²) >= 11 is 0. The van der Waals surface area contributed by atoms with Gasteiger partial charge in [-0.25, -0.2) is 0 Å². The van der Waals surface area contributed by atoms with Gasteiger partial charge < -0.3 is 10.2 Å². The molecule has 2 N–H and O–H groups in total. The summed E-state index contributed by atoms with van der Waals surface area (Å²) in [5, 5.41) is 16.0. The topological polar surface area (TPSA) is 40.5 Å². The summed E-state index contributed by atoms with van der Waals surface area (Å²) in [5.74, 6) is 0. The van der Waals surface area contributed by atoms with Crippen LogP contribution in [0.4, 0.5) is 0 Å². The maximum Gasteiger partial charge on any atom is 0.0742 e. The van der Waals surface area contributed by atoms with Crippen LogP contribution in [-0.4, -0.2) is 22.9 Å². The summed E-state index contributed by atoms with van der Waals surface area (Å²) < 4.78 is 0. The van der Waals surface area contributed by atoms with Gasteiger partial charge in [0.2, 0.25) is 0 Å². The second kappa shape index (κ2) is 5.79. The van der Waals surface area contributed by atoms with E-state index in [0.717, 1.165) is 0 Å². The van der Waals surface area contributed by atoms with Gasteiger partial charge in [-0.1, -0.05) is 0 Å². The molecule has 0 fully saturated rings. The van der Waals surface area contributed by atoms with Crippen molar-refractivity contribution < 1.29 is 36.1 Å². The standard InChI is InChI=1S/C3H8O2.Hf/c1-3(5)2-4;/h3-5H,2H2,1H3;. The summed E-state index contributed by atoms with van der Waals surface area (Å²) in [6.07, 6.45) is -0.560. The van der Waals surface area contributed by atoms with Gasteiger partial charge in [0.15, 0.2) is 0 Å². The predicted molar refractivity (Wildman–Crippen MR) is 18.8 cm³/mol. The van der Waals surface area contributed by atoms with Crippen molar-refractivity contribution in [1.29, 1.82) is 0 Å². The minimum Gasteiger partial charge on any atom is -0.394 e. The third-order valence-corrected chi connectivity index (χ3v) is 0.264. The van der Waals surface area contributed by atoms with E-state index in [4.69, 9.17) is 10.2 Å². The van der Waals surface area contributed by atoms with Gasteiger partial charge in [-0.2, -0.15) is 0 Å². The van der Waals surface area contributed by atoms with Crippen molar-refractivity contribution in [1.82, 2.24) is 0 Å². The molecule has 0 radical (unpaired) electrons. The summed E-state index contributed by atoms with van der Waals surface area (Å²) in [6.45, 7) is 1.39. The van der Waals surface area contributed by atoms with E-state index in [9.17, 15) is 0 Å². The van der Waals surface area contributed by atoms with E-state index < -0.39 is 6.10 Å². The van der Waals surface area contributed by atoms with Gasteiger partial charge in [0.1, 0.15) is 0 Å². The molecule has 36 valence electrons. The van der Waals surface area contributed by atoms with Crippen molar-refractivity contribution in [2.45, 2.75) is 13.0 Å². The molecule has 1 unspecified atom stereocenters. The van der Waals surface area contributed by atoms with E-state index in [0.29, 0.717) is 0 Å². The Morgan fingerprint density at radius 1 is 1.67 bits per heavy atom. The molecule has 0 saturated carbocycles. The zero-order valence-corrected chi connectivity index (χ0v) is 7.27. The fraction of sp³-hybridized carbons (Fsp3) is 1.00. The van der Waals surface area contributed by atoms with Crippen LogP contribution in [0.25, 0.3) is 0 Å². The fourth-order valence-electron chi connectivity index (χ4n) is 0. The molecule has 0 aromatic carbocycles. The van der Waals surface area contributed by atoms with Gasteiger partial charge in [0.25, 0.3) is 0 Å². The molecular formula is C3H8HfO2. The first kappa shape index (κ1) is 9.92. The molecule has 0 heterocycles. The smallest absolute Gasteiger partial charge is 0.0742 e. The number of aliphatic hydroxyl groups excluding tert-OH is 2. The van der Waals surface area contributed by atoms with Crippen molar-refractivity contribution >= 4 is 0 Å². The summed E-state index contributed by atoms with van der Waals surface area (Å²) in [7, 11) is 0. The van der Waals surface area contributed by atoms with Gasteiger partial charge in [-0.05, 0) is 6.92 Å². The second-order valence-electron chi connectivity index (χ2n) is 1.03. The van der Waals surface area contributed by atoms with E-state index in [-0.39, 0.29) is 32.5 Å². The number of rotatable bonds is 1.